The molecule has 0 aliphatic carbocycles. The second kappa shape index (κ2) is 10.4. The summed E-state index contributed by atoms with van der Waals surface area (Å²) in [6.45, 7) is 5.46. The van der Waals surface area contributed by atoms with Crippen LogP contribution in [0.25, 0.3) is 0 Å². The van der Waals surface area contributed by atoms with Crippen molar-refractivity contribution in [2.24, 2.45) is 0 Å². The summed E-state index contributed by atoms with van der Waals surface area (Å²) in [6.07, 6.45) is -0.549. The van der Waals surface area contributed by atoms with Crippen molar-refractivity contribution in [1.29, 1.82) is 0 Å². The van der Waals surface area contributed by atoms with Crippen molar-refractivity contribution in [3.8, 4) is 17.2 Å². The van der Waals surface area contributed by atoms with E-state index < -0.39 is 34.9 Å². The van der Waals surface area contributed by atoms with Crippen LogP contribution in [0.4, 0.5) is 10.5 Å². The van der Waals surface area contributed by atoms with Gasteiger partial charge in [0, 0.05) is 30.8 Å². The van der Waals surface area contributed by atoms with Gasteiger partial charge < -0.3 is 36.0 Å². The lowest BCUT2D eigenvalue weighted by Crippen LogP contribution is -2.34. The van der Waals surface area contributed by atoms with E-state index in [2.05, 4.69) is 16.0 Å². The van der Waals surface area contributed by atoms with Gasteiger partial charge in [0.25, 0.3) is 5.91 Å². The predicted molar refractivity (Wildman–Crippen MR) is 117 cm³/mol. The lowest BCUT2D eigenvalue weighted by atomic mass is 10.1. The number of anilines is 1. The van der Waals surface area contributed by atoms with Crippen LogP contribution in [0.3, 0.4) is 0 Å². The molecule has 2 rings (SSSR count). The highest BCUT2D eigenvalue weighted by molar-refractivity contribution is 5.95. The summed E-state index contributed by atoms with van der Waals surface area (Å²) in [5.41, 5.74) is 0.555. The normalized spacial score (nSPS) is 10.8. The number of hydrogen-bond acceptors (Lipinski definition) is 7. The van der Waals surface area contributed by atoms with E-state index in [1.807, 2.05) is 0 Å². The summed E-state index contributed by atoms with van der Waals surface area (Å²) in [5.74, 6) is -2.80. The van der Waals surface area contributed by atoms with E-state index in [0.717, 1.165) is 12.1 Å². The number of benzene rings is 2. The number of hydrogen-bond donors (Lipinski definition) is 6. The highest BCUT2D eigenvalue weighted by Crippen LogP contribution is 2.35. The maximum atomic E-state index is 12.2. The predicted octanol–water partition coefficient (Wildman–Crippen LogP) is 2.59. The van der Waals surface area contributed by atoms with Gasteiger partial charge in [0.2, 0.25) is 5.91 Å². The Balaban J connectivity index is 1.85. The minimum Gasteiger partial charge on any atom is -0.504 e. The second-order valence-electron chi connectivity index (χ2n) is 7.97. The number of carbonyl (C=O) groups excluding carboxylic acids is 3. The van der Waals surface area contributed by atoms with E-state index in [9.17, 15) is 29.7 Å². The van der Waals surface area contributed by atoms with Crippen LogP contribution in [0.5, 0.6) is 17.2 Å². The molecule has 0 saturated carbocycles. The summed E-state index contributed by atoms with van der Waals surface area (Å²) < 4.78 is 5.09. The Labute approximate surface area is 185 Å². The average Bonchev–Trinajstić information content (AvgIpc) is 2.68. The van der Waals surface area contributed by atoms with Crippen molar-refractivity contribution in [2.45, 2.75) is 39.3 Å². The molecule has 0 bridgehead atoms. The Morgan fingerprint density at radius 2 is 1.62 bits per heavy atom. The van der Waals surface area contributed by atoms with E-state index in [0.29, 0.717) is 11.3 Å². The van der Waals surface area contributed by atoms with Crippen molar-refractivity contribution in [2.75, 3.05) is 11.9 Å². The van der Waals surface area contributed by atoms with Crippen molar-refractivity contribution in [1.82, 2.24) is 10.6 Å². The molecule has 0 aliphatic rings. The van der Waals surface area contributed by atoms with Crippen molar-refractivity contribution in [3.05, 3.63) is 47.5 Å². The number of carbonyl (C=O) groups is 3. The van der Waals surface area contributed by atoms with Gasteiger partial charge in [0.1, 0.15) is 5.60 Å². The molecule has 0 fully saturated rings. The Hall–Kier alpha value is -3.95. The van der Waals surface area contributed by atoms with Crippen LogP contribution in [0, 0.1) is 0 Å². The monoisotopic (exact) mass is 445 g/mol. The molecule has 172 valence electrons. The molecule has 0 atom stereocenters. The van der Waals surface area contributed by atoms with Crippen molar-refractivity contribution < 1.29 is 34.4 Å². The molecule has 0 aromatic heterocycles. The van der Waals surface area contributed by atoms with E-state index >= 15 is 0 Å². The van der Waals surface area contributed by atoms with E-state index in [1.165, 1.54) is 0 Å². The first kappa shape index (κ1) is 24.3. The number of phenols is 3. The van der Waals surface area contributed by atoms with Crippen LogP contribution in [0.2, 0.25) is 0 Å². The summed E-state index contributed by atoms with van der Waals surface area (Å²) in [4.78, 5) is 35.9. The number of alkyl carbamates (subject to hydrolysis) is 1. The van der Waals surface area contributed by atoms with Gasteiger partial charge in [0.15, 0.2) is 17.2 Å². The van der Waals surface area contributed by atoms with E-state index in [-0.39, 0.29) is 31.0 Å². The fourth-order valence-electron chi connectivity index (χ4n) is 2.59. The minimum absolute atomic E-state index is 0.0280. The summed E-state index contributed by atoms with van der Waals surface area (Å²) >= 11 is 0. The molecule has 2 aromatic carbocycles. The molecule has 0 spiro atoms. The Morgan fingerprint density at radius 1 is 0.969 bits per heavy atom. The lowest BCUT2D eigenvalue weighted by molar-refractivity contribution is -0.116. The quantitative estimate of drug-likeness (QED) is 0.358. The van der Waals surface area contributed by atoms with Crippen LogP contribution in [-0.2, 0) is 16.1 Å². The molecular weight excluding hydrogens is 418 g/mol. The molecule has 0 saturated heterocycles. The number of ether oxygens (including phenoxy) is 1. The van der Waals surface area contributed by atoms with Gasteiger partial charge >= 0.3 is 6.09 Å². The third kappa shape index (κ3) is 7.71. The van der Waals surface area contributed by atoms with Gasteiger partial charge in [-0.05, 0) is 50.6 Å². The topological polar surface area (TPSA) is 157 Å². The first-order valence-electron chi connectivity index (χ1n) is 9.83. The molecule has 2 aromatic rings. The largest absolute Gasteiger partial charge is 0.504 e. The fraction of sp³-hybridized carbons (Fsp3) is 0.318. The van der Waals surface area contributed by atoms with Gasteiger partial charge in [-0.2, -0.15) is 0 Å². The van der Waals surface area contributed by atoms with E-state index in [4.69, 9.17) is 4.74 Å². The average molecular weight is 445 g/mol. The maximum absolute atomic E-state index is 12.2. The molecule has 0 unspecified atom stereocenters. The zero-order valence-corrected chi connectivity index (χ0v) is 18.1. The standard InChI is InChI=1S/C22H27N3O7/c1-22(2,3)32-21(31)23-8-7-18(28)25-15-6-4-5-13(9-15)12-24-20(30)14-10-16(26)19(29)17(27)11-14/h4-6,9-11,26-27,29H,7-8,12H2,1-3H3,(H,23,31)(H,24,30)(H,25,28). The van der Waals surface area contributed by atoms with Crippen LogP contribution < -0.4 is 16.0 Å². The first-order valence-corrected chi connectivity index (χ1v) is 9.83. The molecule has 32 heavy (non-hydrogen) atoms. The van der Waals surface area contributed by atoms with Crippen LogP contribution in [0.15, 0.2) is 36.4 Å². The SMILES string of the molecule is CC(C)(C)OC(=O)NCCC(=O)Nc1cccc(CNC(=O)c2cc(O)c(O)c(O)c2)c1. The minimum atomic E-state index is -0.703. The van der Waals surface area contributed by atoms with Crippen molar-refractivity contribution >= 4 is 23.6 Å². The van der Waals surface area contributed by atoms with Crippen LogP contribution in [-0.4, -0.2) is 45.4 Å². The van der Waals surface area contributed by atoms with Crippen LogP contribution in [0.1, 0.15) is 43.1 Å². The van der Waals surface area contributed by atoms with Crippen molar-refractivity contribution in [3.63, 3.8) is 0 Å². The Kier molecular flexibility index (Phi) is 7.89. The number of rotatable bonds is 7. The molecule has 0 heterocycles. The smallest absolute Gasteiger partial charge is 0.407 e. The number of amides is 3. The summed E-state index contributed by atoms with van der Waals surface area (Å²) in [5, 5.41) is 36.2. The van der Waals surface area contributed by atoms with Gasteiger partial charge in [-0.25, -0.2) is 4.79 Å². The summed E-state index contributed by atoms with van der Waals surface area (Å²) in [6, 6.07) is 8.87. The lowest BCUT2D eigenvalue weighted by Gasteiger charge is -2.19. The number of aromatic hydroxyl groups is 3. The second-order valence-corrected chi connectivity index (χ2v) is 7.97. The molecule has 10 heteroatoms. The molecular formula is C22H27N3O7. The van der Waals surface area contributed by atoms with Gasteiger partial charge in [-0.15, -0.1) is 0 Å². The molecule has 0 radical (unpaired) electrons. The molecule has 10 nitrogen and oxygen atoms in total. The summed E-state index contributed by atoms with van der Waals surface area (Å²) in [7, 11) is 0. The van der Waals surface area contributed by atoms with Crippen LogP contribution >= 0.6 is 0 Å². The first-order chi connectivity index (χ1) is 14.9. The Bertz CT molecular complexity index is 976. The third-order valence-electron chi connectivity index (χ3n) is 4.02. The zero-order valence-electron chi connectivity index (χ0n) is 18.1. The molecule has 6 N–H and O–H groups in total. The van der Waals surface area contributed by atoms with E-state index in [1.54, 1.807) is 45.0 Å². The Morgan fingerprint density at radius 3 is 2.25 bits per heavy atom. The fourth-order valence-corrected chi connectivity index (χ4v) is 2.59. The highest BCUT2D eigenvalue weighted by atomic mass is 16.6. The highest BCUT2D eigenvalue weighted by Gasteiger charge is 2.16. The van der Waals surface area contributed by atoms with Gasteiger partial charge in [0.05, 0.1) is 0 Å². The maximum Gasteiger partial charge on any atom is 0.407 e. The zero-order chi connectivity index (χ0) is 23.9. The van der Waals surface area contributed by atoms with Gasteiger partial charge in [-0.1, -0.05) is 12.1 Å². The van der Waals surface area contributed by atoms with Gasteiger partial charge in [-0.3, -0.25) is 9.59 Å². The molecule has 0 aliphatic heterocycles. The third-order valence-corrected chi connectivity index (χ3v) is 4.02. The number of nitrogens with one attached hydrogen (secondary N) is 3. The number of phenolic OH excluding ortho intramolecular Hbond substituents is 3. The molecule has 3 amide bonds.